The molecule has 0 aliphatic carbocycles. The van der Waals surface area contributed by atoms with Crippen LogP contribution in [-0.2, 0) is 23.9 Å². The maximum Gasteiger partial charge on any atom is 0.320 e. The van der Waals surface area contributed by atoms with Crippen molar-refractivity contribution in [3.63, 3.8) is 0 Å². The minimum Gasteiger partial charge on any atom is -0.481 e. The van der Waals surface area contributed by atoms with Crippen LogP contribution in [0.15, 0.2) is 0 Å². The molecule has 0 bridgehead atoms. The molecule has 9 nitrogen and oxygen atoms in total. The molecule has 0 amide bonds. The summed E-state index contributed by atoms with van der Waals surface area (Å²) in [5.41, 5.74) is 5.20. The monoisotopic (exact) mass is 461 g/mol. The second-order valence-electron chi connectivity index (χ2n) is 9.11. The maximum absolute atomic E-state index is 11.9. The Balaban J connectivity index is 0. The summed E-state index contributed by atoms with van der Waals surface area (Å²) in [6.07, 6.45) is 7.47. The van der Waals surface area contributed by atoms with E-state index < -0.39 is 41.3 Å². The van der Waals surface area contributed by atoms with E-state index in [1.165, 1.54) is 6.92 Å². The lowest BCUT2D eigenvalue weighted by atomic mass is 9.99. The van der Waals surface area contributed by atoms with Crippen molar-refractivity contribution < 1.29 is 39.2 Å². The molecule has 188 valence electrons. The number of hydrogen-bond acceptors (Lipinski definition) is 6. The third kappa shape index (κ3) is 19.8. The van der Waals surface area contributed by atoms with E-state index in [-0.39, 0.29) is 12.8 Å². The first-order chi connectivity index (χ1) is 14.7. The van der Waals surface area contributed by atoms with Gasteiger partial charge in [0.1, 0.15) is 5.60 Å². The summed E-state index contributed by atoms with van der Waals surface area (Å²) >= 11 is 0. The molecule has 0 heterocycles. The van der Waals surface area contributed by atoms with Crippen molar-refractivity contribution in [1.29, 1.82) is 0 Å². The zero-order valence-electron chi connectivity index (χ0n) is 20.3. The zero-order valence-corrected chi connectivity index (χ0v) is 20.3. The second-order valence-corrected chi connectivity index (χ2v) is 9.11. The molecular weight excluding hydrogens is 418 g/mol. The molecule has 0 saturated carbocycles. The first kappa shape index (κ1) is 32.0. The molecule has 3 unspecified atom stereocenters. The standard InChI is InChI=1S/C17H33NO4.C6H10O4/c1-5-13(18)11-9-7-6-8-10-12-14(15(19)20)16(21)22-17(2,3)4;1-4(6(9)10)2-3-5(7)8/h13-14H,5-12,18H2,1-4H3,(H,19,20);4H,2-3H2,1H3,(H,7,8)(H,9,10). The number of carbonyl (C=O) groups excluding carboxylic acids is 1. The normalized spacial score (nSPS) is 13.8. The van der Waals surface area contributed by atoms with Crippen molar-refractivity contribution in [1.82, 2.24) is 0 Å². The topological polar surface area (TPSA) is 164 Å². The molecule has 0 aliphatic rings. The van der Waals surface area contributed by atoms with Gasteiger partial charge >= 0.3 is 23.9 Å². The predicted octanol–water partition coefficient (Wildman–Crippen LogP) is 4.07. The Labute approximate surface area is 191 Å². The van der Waals surface area contributed by atoms with Crippen molar-refractivity contribution in [3.05, 3.63) is 0 Å². The fourth-order valence-corrected chi connectivity index (χ4v) is 2.67. The van der Waals surface area contributed by atoms with Crippen LogP contribution in [0.3, 0.4) is 0 Å². The van der Waals surface area contributed by atoms with Crippen molar-refractivity contribution in [2.24, 2.45) is 17.6 Å². The van der Waals surface area contributed by atoms with Gasteiger partial charge in [0, 0.05) is 12.5 Å². The van der Waals surface area contributed by atoms with Crippen LogP contribution in [0.4, 0.5) is 0 Å². The molecule has 0 spiro atoms. The van der Waals surface area contributed by atoms with Gasteiger partial charge in [-0.2, -0.15) is 0 Å². The number of unbranched alkanes of at least 4 members (excludes halogenated alkanes) is 4. The molecule has 32 heavy (non-hydrogen) atoms. The van der Waals surface area contributed by atoms with Crippen LogP contribution >= 0.6 is 0 Å². The van der Waals surface area contributed by atoms with E-state index >= 15 is 0 Å². The van der Waals surface area contributed by atoms with E-state index in [1.54, 1.807) is 20.8 Å². The number of ether oxygens (including phenoxy) is 1. The molecule has 0 fully saturated rings. The van der Waals surface area contributed by atoms with Gasteiger partial charge in [0.25, 0.3) is 0 Å². The molecule has 0 rings (SSSR count). The van der Waals surface area contributed by atoms with Crippen molar-refractivity contribution >= 4 is 23.9 Å². The summed E-state index contributed by atoms with van der Waals surface area (Å²) in [5.74, 6) is -5.23. The Kier molecular flexibility index (Phi) is 17.4. The van der Waals surface area contributed by atoms with Crippen LogP contribution in [0.5, 0.6) is 0 Å². The highest BCUT2D eigenvalue weighted by atomic mass is 16.6. The summed E-state index contributed by atoms with van der Waals surface area (Å²) in [4.78, 5) is 43.1. The smallest absolute Gasteiger partial charge is 0.320 e. The fourth-order valence-electron chi connectivity index (χ4n) is 2.67. The highest BCUT2D eigenvalue weighted by Gasteiger charge is 2.30. The third-order valence-corrected chi connectivity index (χ3v) is 4.79. The minimum atomic E-state index is -1.09. The molecular formula is C23H43NO8. The lowest BCUT2D eigenvalue weighted by Crippen LogP contribution is -2.32. The number of carboxylic acid groups (broad SMARTS) is 3. The predicted molar refractivity (Wildman–Crippen MR) is 121 cm³/mol. The number of carboxylic acids is 3. The number of esters is 1. The van der Waals surface area contributed by atoms with Crippen molar-refractivity contribution in [2.75, 3.05) is 0 Å². The van der Waals surface area contributed by atoms with E-state index in [2.05, 4.69) is 6.92 Å². The van der Waals surface area contributed by atoms with Crippen LogP contribution in [0, 0.1) is 11.8 Å². The second kappa shape index (κ2) is 17.4. The van der Waals surface area contributed by atoms with E-state index in [0.717, 1.165) is 44.9 Å². The van der Waals surface area contributed by atoms with E-state index in [0.29, 0.717) is 12.5 Å². The van der Waals surface area contributed by atoms with Gasteiger partial charge in [-0.1, -0.05) is 46.0 Å². The summed E-state index contributed by atoms with van der Waals surface area (Å²) in [5, 5.41) is 25.6. The number of rotatable bonds is 15. The third-order valence-electron chi connectivity index (χ3n) is 4.79. The Morgan fingerprint density at radius 1 is 0.844 bits per heavy atom. The first-order valence-electron chi connectivity index (χ1n) is 11.4. The minimum absolute atomic E-state index is 0.0759. The number of aliphatic carboxylic acids is 3. The van der Waals surface area contributed by atoms with Gasteiger partial charge in [0.15, 0.2) is 5.92 Å². The lowest BCUT2D eigenvalue weighted by Gasteiger charge is -2.22. The van der Waals surface area contributed by atoms with Gasteiger partial charge < -0.3 is 25.8 Å². The number of nitrogens with two attached hydrogens (primary N) is 1. The summed E-state index contributed by atoms with van der Waals surface area (Å²) < 4.78 is 5.16. The van der Waals surface area contributed by atoms with E-state index in [4.69, 9.17) is 25.8 Å². The lowest BCUT2D eigenvalue weighted by molar-refractivity contribution is -0.167. The Bertz CT molecular complexity index is 571. The van der Waals surface area contributed by atoms with E-state index in [9.17, 15) is 19.2 Å². The van der Waals surface area contributed by atoms with Gasteiger partial charge in [-0.15, -0.1) is 0 Å². The molecule has 0 aromatic heterocycles. The van der Waals surface area contributed by atoms with E-state index in [1.807, 2.05) is 0 Å². The first-order valence-corrected chi connectivity index (χ1v) is 11.4. The molecule has 0 aromatic carbocycles. The Hall–Kier alpha value is -2.16. The van der Waals surface area contributed by atoms with Crippen LogP contribution < -0.4 is 5.73 Å². The highest BCUT2D eigenvalue weighted by molar-refractivity contribution is 5.94. The van der Waals surface area contributed by atoms with Crippen molar-refractivity contribution in [2.45, 2.75) is 110 Å². The van der Waals surface area contributed by atoms with Crippen LogP contribution in [-0.4, -0.2) is 50.8 Å². The van der Waals surface area contributed by atoms with Gasteiger partial charge in [-0.3, -0.25) is 19.2 Å². The van der Waals surface area contributed by atoms with Crippen molar-refractivity contribution in [3.8, 4) is 0 Å². The summed E-state index contributed by atoms with van der Waals surface area (Å²) in [6.45, 7) is 8.80. The van der Waals surface area contributed by atoms with Gasteiger partial charge in [0.2, 0.25) is 0 Å². The summed E-state index contributed by atoms with van der Waals surface area (Å²) in [7, 11) is 0. The molecule has 0 aromatic rings. The molecule has 5 N–H and O–H groups in total. The van der Waals surface area contributed by atoms with Gasteiger partial charge in [0.05, 0.1) is 5.92 Å². The number of hydrogen-bond donors (Lipinski definition) is 4. The van der Waals surface area contributed by atoms with Gasteiger partial charge in [-0.05, 0) is 46.5 Å². The zero-order chi connectivity index (χ0) is 25.3. The van der Waals surface area contributed by atoms with Gasteiger partial charge in [-0.25, -0.2) is 0 Å². The molecule has 3 atom stereocenters. The average molecular weight is 462 g/mol. The van der Waals surface area contributed by atoms with Crippen LogP contribution in [0.2, 0.25) is 0 Å². The molecule has 0 radical (unpaired) electrons. The average Bonchev–Trinajstić information content (AvgIpc) is 2.66. The Morgan fingerprint density at radius 3 is 1.75 bits per heavy atom. The molecule has 0 saturated heterocycles. The van der Waals surface area contributed by atoms with Crippen LogP contribution in [0.1, 0.15) is 98.8 Å². The quantitative estimate of drug-likeness (QED) is 0.160. The fraction of sp³-hybridized carbons (Fsp3) is 0.826. The summed E-state index contributed by atoms with van der Waals surface area (Å²) in [6, 6.07) is 0.295. The van der Waals surface area contributed by atoms with Crippen LogP contribution in [0.25, 0.3) is 0 Å². The largest absolute Gasteiger partial charge is 0.481 e. The maximum atomic E-state index is 11.9. The number of carbonyl (C=O) groups is 4. The SMILES string of the molecule is CC(CCC(=O)O)C(=O)O.CCC(N)CCCCCCCC(C(=O)O)C(=O)OC(C)(C)C. The Morgan fingerprint density at radius 2 is 1.34 bits per heavy atom. The highest BCUT2D eigenvalue weighted by Crippen LogP contribution is 2.18. The molecule has 0 aliphatic heterocycles. The molecule has 9 heteroatoms.